The highest BCUT2D eigenvalue weighted by atomic mass is 35.5. The molecule has 3 N–H and O–H groups in total. The van der Waals surface area contributed by atoms with E-state index in [0.717, 1.165) is 12.8 Å². The summed E-state index contributed by atoms with van der Waals surface area (Å²) in [5.41, 5.74) is 6.36. The number of pyridine rings is 1. The Morgan fingerprint density at radius 2 is 2.19 bits per heavy atom. The van der Waals surface area contributed by atoms with Crippen molar-refractivity contribution in [3.8, 4) is 0 Å². The number of aromatic nitrogens is 1. The molecule has 0 aliphatic carbocycles. The van der Waals surface area contributed by atoms with Crippen LogP contribution in [-0.4, -0.2) is 23.3 Å². The molecular weight excluding hydrogens is 228 g/mol. The first-order valence-electron chi connectivity index (χ1n) is 5.35. The number of aliphatic hydroxyl groups excluding tert-OH is 1. The van der Waals surface area contributed by atoms with Crippen LogP contribution in [0, 0.1) is 5.92 Å². The molecule has 0 aromatic carbocycles. The minimum Gasteiger partial charge on any atom is -0.388 e. The molecule has 1 aliphatic rings. The Kier molecular flexibility index (Phi) is 3.63. The van der Waals surface area contributed by atoms with Crippen LogP contribution in [0.25, 0.3) is 0 Å². The third-order valence-corrected chi connectivity index (χ3v) is 3.15. The smallest absolute Gasteiger partial charge is 0.129 e. The molecule has 4 nitrogen and oxygen atoms in total. The van der Waals surface area contributed by atoms with Gasteiger partial charge in [0.15, 0.2) is 0 Å². The van der Waals surface area contributed by atoms with Crippen LogP contribution in [0.5, 0.6) is 0 Å². The first kappa shape index (κ1) is 11.6. The Bertz CT molecular complexity index is 367. The van der Waals surface area contributed by atoms with E-state index in [2.05, 4.69) is 4.98 Å². The fourth-order valence-electron chi connectivity index (χ4n) is 1.99. The van der Waals surface area contributed by atoms with Gasteiger partial charge in [0.2, 0.25) is 0 Å². The van der Waals surface area contributed by atoms with Gasteiger partial charge in [-0.15, -0.1) is 0 Å². The zero-order valence-electron chi connectivity index (χ0n) is 8.90. The van der Waals surface area contributed by atoms with E-state index in [-0.39, 0.29) is 5.92 Å². The fourth-order valence-corrected chi connectivity index (χ4v) is 2.15. The number of nitrogens with two attached hydrogens (primary N) is 1. The normalized spacial score (nSPS) is 19.6. The average molecular weight is 243 g/mol. The summed E-state index contributed by atoms with van der Waals surface area (Å²) < 4.78 is 5.26. The van der Waals surface area contributed by atoms with Gasteiger partial charge in [0.25, 0.3) is 0 Å². The molecule has 1 saturated heterocycles. The summed E-state index contributed by atoms with van der Waals surface area (Å²) in [7, 11) is 0. The van der Waals surface area contributed by atoms with Crippen molar-refractivity contribution in [2.75, 3.05) is 18.9 Å². The van der Waals surface area contributed by atoms with Crippen molar-refractivity contribution in [3.63, 3.8) is 0 Å². The SMILES string of the molecule is Nc1ncc(Cl)cc1C(O)C1CCOCC1. The van der Waals surface area contributed by atoms with E-state index in [1.165, 1.54) is 6.20 Å². The summed E-state index contributed by atoms with van der Waals surface area (Å²) in [6.45, 7) is 1.38. The lowest BCUT2D eigenvalue weighted by Gasteiger charge is -2.27. The van der Waals surface area contributed by atoms with Crippen LogP contribution in [-0.2, 0) is 4.74 Å². The van der Waals surface area contributed by atoms with Gasteiger partial charge in [0.1, 0.15) is 5.82 Å². The topological polar surface area (TPSA) is 68.4 Å². The second-order valence-electron chi connectivity index (χ2n) is 4.02. The van der Waals surface area contributed by atoms with E-state index in [0.29, 0.717) is 29.6 Å². The van der Waals surface area contributed by atoms with Gasteiger partial charge in [-0.05, 0) is 24.8 Å². The third kappa shape index (κ3) is 2.45. The Morgan fingerprint density at radius 1 is 1.50 bits per heavy atom. The van der Waals surface area contributed by atoms with Crippen LogP contribution in [0.2, 0.25) is 5.02 Å². The van der Waals surface area contributed by atoms with Gasteiger partial charge in [-0.25, -0.2) is 4.98 Å². The van der Waals surface area contributed by atoms with E-state index in [4.69, 9.17) is 22.1 Å². The van der Waals surface area contributed by atoms with Gasteiger partial charge in [0, 0.05) is 25.0 Å². The maximum Gasteiger partial charge on any atom is 0.129 e. The molecule has 88 valence electrons. The summed E-state index contributed by atoms with van der Waals surface area (Å²) in [5.74, 6) is 0.528. The van der Waals surface area contributed by atoms with Crippen molar-refractivity contribution in [1.82, 2.24) is 4.98 Å². The highest BCUT2D eigenvalue weighted by Gasteiger charge is 2.25. The number of ether oxygens (including phenoxy) is 1. The van der Waals surface area contributed by atoms with Gasteiger partial charge in [-0.1, -0.05) is 11.6 Å². The zero-order chi connectivity index (χ0) is 11.5. The molecule has 1 aromatic rings. The van der Waals surface area contributed by atoms with Gasteiger partial charge >= 0.3 is 0 Å². The number of hydrogen-bond donors (Lipinski definition) is 2. The summed E-state index contributed by atoms with van der Waals surface area (Å²) >= 11 is 5.85. The Morgan fingerprint density at radius 3 is 2.88 bits per heavy atom. The summed E-state index contributed by atoms with van der Waals surface area (Å²) in [6.07, 6.45) is 2.56. The largest absolute Gasteiger partial charge is 0.388 e. The average Bonchev–Trinajstić information content (AvgIpc) is 2.32. The second kappa shape index (κ2) is 4.99. The molecule has 1 fully saturated rings. The standard InChI is InChI=1S/C11H15ClN2O2/c12-8-5-9(11(13)14-6-8)10(15)7-1-3-16-4-2-7/h5-7,10,15H,1-4H2,(H2,13,14). The van der Waals surface area contributed by atoms with Crippen molar-refractivity contribution in [2.24, 2.45) is 5.92 Å². The lowest BCUT2D eigenvalue weighted by molar-refractivity contribution is 0.00736. The summed E-state index contributed by atoms with van der Waals surface area (Å²) in [6, 6.07) is 1.68. The molecule has 0 radical (unpaired) electrons. The summed E-state index contributed by atoms with van der Waals surface area (Å²) in [4.78, 5) is 3.95. The predicted molar refractivity (Wildman–Crippen MR) is 62.2 cm³/mol. The van der Waals surface area contributed by atoms with Gasteiger partial charge in [0.05, 0.1) is 11.1 Å². The minimum absolute atomic E-state index is 0.177. The van der Waals surface area contributed by atoms with Crippen molar-refractivity contribution >= 4 is 17.4 Å². The van der Waals surface area contributed by atoms with Crippen molar-refractivity contribution < 1.29 is 9.84 Å². The molecule has 2 heterocycles. The Balaban J connectivity index is 2.18. The molecular formula is C11H15ClN2O2. The number of nitrogens with zero attached hydrogens (tertiary/aromatic N) is 1. The number of aliphatic hydroxyl groups is 1. The first-order valence-corrected chi connectivity index (χ1v) is 5.73. The lowest BCUT2D eigenvalue weighted by atomic mass is 9.89. The Labute approximate surface area is 99.4 Å². The zero-order valence-corrected chi connectivity index (χ0v) is 9.65. The van der Waals surface area contributed by atoms with Crippen LogP contribution < -0.4 is 5.73 Å². The molecule has 2 rings (SSSR count). The van der Waals surface area contributed by atoms with E-state index in [9.17, 15) is 5.11 Å². The number of hydrogen-bond acceptors (Lipinski definition) is 4. The van der Waals surface area contributed by atoms with Gasteiger partial charge in [-0.2, -0.15) is 0 Å². The van der Waals surface area contributed by atoms with E-state index >= 15 is 0 Å². The minimum atomic E-state index is -0.602. The second-order valence-corrected chi connectivity index (χ2v) is 4.46. The fraction of sp³-hybridized carbons (Fsp3) is 0.545. The number of halogens is 1. The molecule has 1 aliphatic heterocycles. The molecule has 1 atom stereocenters. The quantitative estimate of drug-likeness (QED) is 0.830. The van der Waals surface area contributed by atoms with E-state index in [1.54, 1.807) is 6.07 Å². The van der Waals surface area contributed by atoms with E-state index in [1.807, 2.05) is 0 Å². The molecule has 5 heteroatoms. The monoisotopic (exact) mass is 242 g/mol. The first-order chi connectivity index (χ1) is 7.68. The number of anilines is 1. The van der Waals surface area contributed by atoms with Crippen LogP contribution >= 0.6 is 11.6 Å². The van der Waals surface area contributed by atoms with Crippen molar-refractivity contribution in [3.05, 3.63) is 22.8 Å². The molecule has 0 spiro atoms. The van der Waals surface area contributed by atoms with E-state index < -0.39 is 6.10 Å². The molecule has 0 bridgehead atoms. The van der Waals surface area contributed by atoms with Gasteiger partial charge < -0.3 is 15.6 Å². The molecule has 0 saturated carbocycles. The Hall–Kier alpha value is -0.840. The number of rotatable bonds is 2. The van der Waals surface area contributed by atoms with Crippen LogP contribution in [0.4, 0.5) is 5.82 Å². The van der Waals surface area contributed by atoms with Gasteiger partial charge in [-0.3, -0.25) is 0 Å². The van der Waals surface area contributed by atoms with Crippen LogP contribution in [0.15, 0.2) is 12.3 Å². The van der Waals surface area contributed by atoms with Crippen molar-refractivity contribution in [2.45, 2.75) is 18.9 Å². The highest BCUT2D eigenvalue weighted by molar-refractivity contribution is 6.30. The molecule has 0 amide bonds. The maximum atomic E-state index is 10.2. The summed E-state index contributed by atoms with van der Waals surface area (Å²) in [5, 5.41) is 10.7. The highest BCUT2D eigenvalue weighted by Crippen LogP contribution is 2.33. The molecule has 16 heavy (non-hydrogen) atoms. The third-order valence-electron chi connectivity index (χ3n) is 2.95. The maximum absolute atomic E-state index is 10.2. The number of nitrogen functional groups attached to an aromatic ring is 1. The lowest BCUT2D eigenvalue weighted by Crippen LogP contribution is -2.22. The van der Waals surface area contributed by atoms with Crippen LogP contribution in [0.3, 0.4) is 0 Å². The predicted octanol–water partition coefficient (Wildman–Crippen LogP) is 1.78. The van der Waals surface area contributed by atoms with Crippen LogP contribution in [0.1, 0.15) is 24.5 Å². The van der Waals surface area contributed by atoms with Crippen molar-refractivity contribution in [1.29, 1.82) is 0 Å². The molecule has 1 aromatic heterocycles. The molecule has 1 unspecified atom stereocenters.